The molecule has 0 spiro atoms. The van der Waals surface area contributed by atoms with Crippen molar-refractivity contribution in [2.24, 2.45) is 0 Å². The number of hydrogen-bond acceptors (Lipinski definition) is 5. The Morgan fingerprint density at radius 1 is 1.40 bits per heavy atom. The quantitative estimate of drug-likeness (QED) is 0.673. The summed E-state index contributed by atoms with van der Waals surface area (Å²) in [6.07, 6.45) is 6.68. The summed E-state index contributed by atoms with van der Waals surface area (Å²) in [5, 5.41) is 0. The summed E-state index contributed by atoms with van der Waals surface area (Å²) in [4.78, 5) is 24.4. The predicted molar refractivity (Wildman–Crippen MR) is 70.8 cm³/mol. The van der Waals surface area contributed by atoms with Crippen LogP contribution in [0.25, 0.3) is 11.5 Å². The fraction of sp³-hybridized carbons (Fsp3) is 0.231. The van der Waals surface area contributed by atoms with Gasteiger partial charge in [-0.3, -0.25) is 8.97 Å². The van der Waals surface area contributed by atoms with E-state index < -0.39 is 5.97 Å². The van der Waals surface area contributed by atoms with Gasteiger partial charge in [-0.25, -0.2) is 19.7 Å². The SMILES string of the molecule is CCOC(=O)c1ncn2c(C)cc(-n3ccnc3)nc12. The van der Waals surface area contributed by atoms with Crippen molar-refractivity contribution >= 4 is 11.6 Å². The van der Waals surface area contributed by atoms with Gasteiger partial charge in [0.25, 0.3) is 0 Å². The molecule has 3 aromatic rings. The first-order valence-electron chi connectivity index (χ1n) is 6.21. The molecule has 0 unspecified atom stereocenters. The van der Waals surface area contributed by atoms with Gasteiger partial charge in [0.2, 0.25) is 0 Å². The van der Waals surface area contributed by atoms with E-state index in [2.05, 4.69) is 15.0 Å². The Morgan fingerprint density at radius 3 is 2.95 bits per heavy atom. The zero-order chi connectivity index (χ0) is 14.1. The lowest BCUT2D eigenvalue weighted by Gasteiger charge is -2.06. The highest BCUT2D eigenvalue weighted by molar-refractivity contribution is 5.93. The summed E-state index contributed by atoms with van der Waals surface area (Å²) in [5.41, 5.74) is 1.62. The van der Waals surface area contributed by atoms with Gasteiger partial charge >= 0.3 is 5.97 Å². The Bertz CT molecular complexity index is 761. The summed E-state index contributed by atoms with van der Waals surface area (Å²) in [6, 6.07) is 1.89. The Balaban J connectivity index is 2.18. The summed E-state index contributed by atoms with van der Waals surface area (Å²) < 4.78 is 8.52. The molecule has 0 saturated heterocycles. The molecule has 3 aromatic heterocycles. The molecule has 0 aromatic carbocycles. The highest BCUT2D eigenvalue weighted by atomic mass is 16.5. The molecule has 0 aliphatic rings. The van der Waals surface area contributed by atoms with Gasteiger partial charge in [0.15, 0.2) is 11.3 Å². The molecule has 102 valence electrons. The van der Waals surface area contributed by atoms with Crippen LogP contribution in [0.1, 0.15) is 23.1 Å². The van der Waals surface area contributed by atoms with Crippen LogP contribution in [0.5, 0.6) is 0 Å². The van der Waals surface area contributed by atoms with Crippen LogP contribution in [-0.4, -0.2) is 36.5 Å². The van der Waals surface area contributed by atoms with Gasteiger partial charge < -0.3 is 4.74 Å². The number of aromatic nitrogens is 5. The third-order valence-electron chi connectivity index (χ3n) is 2.92. The molecule has 7 heteroatoms. The minimum Gasteiger partial charge on any atom is -0.461 e. The number of esters is 1. The number of imidazole rings is 2. The molecule has 7 nitrogen and oxygen atoms in total. The summed E-state index contributed by atoms with van der Waals surface area (Å²) in [7, 11) is 0. The molecule has 0 bridgehead atoms. The summed E-state index contributed by atoms with van der Waals surface area (Å²) >= 11 is 0. The van der Waals surface area contributed by atoms with Crippen LogP contribution < -0.4 is 0 Å². The van der Waals surface area contributed by atoms with Crippen molar-refractivity contribution in [2.75, 3.05) is 6.61 Å². The van der Waals surface area contributed by atoms with Gasteiger partial charge in [-0.05, 0) is 13.8 Å². The van der Waals surface area contributed by atoms with E-state index in [9.17, 15) is 4.79 Å². The second-order valence-corrected chi connectivity index (χ2v) is 4.23. The van der Waals surface area contributed by atoms with Crippen LogP contribution in [0.15, 0.2) is 31.1 Å². The van der Waals surface area contributed by atoms with E-state index in [1.54, 1.807) is 40.9 Å². The number of fused-ring (bicyclic) bond motifs is 1. The monoisotopic (exact) mass is 271 g/mol. The van der Waals surface area contributed by atoms with E-state index in [-0.39, 0.29) is 5.69 Å². The third-order valence-corrected chi connectivity index (χ3v) is 2.92. The molecule has 0 aliphatic heterocycles. The second-order valence-electron chi connectivity index (χ2n) is 4.23. The van der Waals surface area contributed by atoms with E-state index in [1.807, 2.05) is 13.0 Å². The van der Waals surface area contributed by atoms with Crippen LogP contribution >= 0.6 is 0 Å². The summed E-state index contributed by atoms with van der Waals surface area (Å²) in [6.45, 7) is 3.98. The normalized spacial score (nSPS) is 10.9. The molecular weight excluding hydrogens is 258 g/mol. The van der Waals surface area contributed by atoms with Gasteiger partial charge in [-0.2, -0.15) is 0 Å². The highest BCUT2D eigenvalue weighted by Gasteiger charge is 2.17. The largest absolute Gasteiger partial charge is 0.461 e. The minimum atomic E-state index is -0.468. The molecule has 0 amide bonds. The van der Waals surface area contributed by atoms with Crippen LogP contribution in [0, 0.1) is 6.92 Å². The molecule has 0 N–H and O–H groups in total. The number of aryl methyl sites for hydroxylation is 1. The van der Waals surface area contributed by atoms with E-state index in [4.69, 9.17) is 4.74 Å². The maximum absolute atomic E-state index is 11.9. The van der Waals surface area contributed by atoms with Crippen molar-refractivity contribution in [3.05, 3.63) is 42.5 Å². The molecular formula is C13H13N5O2. The van der Waals surface area contributed by atoms with Crippen LogP contribution in [0.3, 0.4) is 0 Å². The number of ether oxygens (including phenoxy) is 1. The lowest BCUT2D eigenvalue weighted by Crippen LogP contribution is -2.08. The molecule has 3 heterocycles. The van der Waals surface area contributed by atoms with Crippen molar-refractivity contribution in [3.8, 4) is 5.82 Å². The fourth-order valence-corrected chi connectivity index (χ4v) is 1.97. The Kier molecular flexibility index (Phi) is 2.94. The number of hydrogen-bond donors (Lipinski definition) is 0. The van der Waals surface area contributed by atoms with Crippen molar-refractivity contribution < 1.29 is 9.53 Å². The zero-order valence-electron chi connectivity index (χ0n) is 11.1. The van der Waals surface area contributed by atoms with Gasteiger partial charge in [0.1, 0.15) is 18.5 Å². The number of carbonyl (C=O) groups is 1. The predicted octanol–water partition coefficient (Wildman–Crippen LogP) is 1.40. The maximum atomic E-state index is 11.9. The number of rotatable bonds is 3. The van der Waals surface area contributed by atoms with Gasteiger partial charge in [-0.15, -0.1) is 0 Å². The van der Waals surface area contributed by atoms with E-state index in [1.165, 1.54) is 0 Å². The molecule has 0 radical (unpaired) electrons. The van der Waals surface area contributed by atoms with Crippen molar-refractivity contribution in [1.82, 2.24) is 23.9 Å². The van der Waals surface area contributed by atoms with Crippen molar-refractivity contribution in [1.29, 1.82) is 0 Å². The first kappa shape index (κ1) is 12.3. The Morgan fingerprint density at radius 2 is 2.25 bits per heavy atom. The van der Waals surface area contributed by atoms with E-state index in [0.717, 1.165) is 5.69 Å². The molecule has 0 fully saturated rings. The van der Waals surface area contributed by atoms with Crippen LogP contribution in [-0.2, 0) is 4.74 Å². The molecule has 20 heavy (non-hydrogen) atoms. The summed E-state index contributed by atoms with van der Waals surface area (Å²) in [5.74, 6) is 0.211. The van der Waals surface area contributed by atoms with Gasteiger partial charge in [0.05, 0.1) is 6.61 Å². The topological polar surface area (TPSA) is 74.3 Å². The average molecular weight is 271 g/mol. The molecule has 0 saturated carbocycles. The highest BCUT2D eigenvalue weighted by Crippen LogP contribution is 2.15. The van der Waals surface area contributed by atoms with Crippen LogP contribution in [0.2, 0.25) is 0 Å². The Hall–Kier alpha value is -2.70. The maximum Gasteiger partial charge on any atom is 0.360 e. The van der Waals surface area contributed by atoms with E-state index in [0.29, 0.717) is 18.1 Å². The lowest BCUT2D eigenvalue weighted by molar-refractivity contribution is 0.0522. The lowest BCUT2D eigenvalue weighted by atomic mass is 10.4. The fourth-order valence-electron chi connectivity index (χ4n) is 1.97. The van der Waals surface area contributed by atoms with Crippen LogP contribution in [0.4, 0.5) is 0 Å². The standard InChI is InChI=1S/C13H13N5O2/c1-3-20-13(19)11-12-16-10(17-5-4-14-7-17)6-9(2)18(12)8-15-11/h4-8H,3H2,1-2H3. The smallest absolute Gasteiger partial charge is 0.360 e. The molecule has 0 aliphatic carbocycles. The molecule has 0 atom stereocenters. The first-order chi connectivity index (χ1) is 9.70. The average Bonchev–Trinajstić information content (AvgIpc) is 3.08. The number of nitrogens with zero attached hydrogens (tertiary/aromatic N) is 5. The Labute approximate surface area is 114 Å². The third kappa shape index (κ3) is 1.93. The zero-order valence-corrected chi connectivity index (χ0v) is 11.1. The number of carbonyl (C=O) groups excluding carboxylic acids is 1. The van der Waals surface area contributed by atoms with Gasteiger partial charge in [0, 0.05) is 24.2 Å². The van der Waals surface area contributed by atoms with Crippen molar-refractivity contribution in [3.63, 3.8) is 0 Å². The van der Waals surface area contributed by atoms with Crippen molar-refractivity contribution in [2.45, 2.75) is 13.8 Å². The molecule has 3 rings (SSSR count). The minimum absolute atomic E-state index is 0.219. The van der Waals surface area contributed by atoms with E-state index >= 15 is 0 Å². The first-order valence-corrected chi connectivity index (χ1v) is 6.21. The van der Waals surface area contributed by atoms with Gasteiger partial charge in [-0.1, -0.05) is 0 Å². The second kappa shape index (κ2) is 4.76.